The van der Waals surface area contributed by atoms with E-state index >= 15 is 0 Å². The highest BCUT2D eigenvalue weighted by Gasteiger charge is 2.21. The van der Waals surface area contributed by atoms with Gasteiger partial charge in [0.1, 0.15) is 0 Å². The maximum Gasteiger partial charge on any atom is 0.223 e. The summed E-state index contributed by atoms with van der Waals surface area (Å²) in [6.45, 7) is 0. The van der Waals surface area contributed by atoms with Crippen molar-refractivity contribution in [3.05, 3.63) is 342 Å². The van der Waals surface area contributed by atoms with Crippen molar-refractivity contribution in [3.8, 4) is 78.5 Å². The minimum absolute atomic E-state index is 0.0298. The van der Waals surface area contributed by atoms with Crippen molar-refractivity contribution >= 4 is 216 Å². The van der Waals surface area contributed by atoms with Crippen LogP contribution in [0.4, 0.5) is 0 Å². The van der Waals surface area contributed by atoms with Crippen LogP contribution in [0.15, 0.2) is 316 Å². The minimum atomic E-state index is -0.438. The third-order valence-electron chi connectivity index (χ3n) is 18.2. The second-order valence-electron chi connectivity index (χ2n) is 25.1. The van der Waals surface area contributed by atoms with Crippen LogP contribution >= 0.6 is 115 Å². The highest BCUT2D eigenvalue weighted by Crippen LogP contribution is 2.45. The number of hydrogen-bond donors (Lipinski definition) is 0. The molecule has 0 N–H and O–H groups in total. The minimum Gasteiger partial charge on any atom is -0.264 e. The first-order chi connectivity index (χ1) is 57.1. The predicted octanol–water partition coefficient (Wildman–Crippen LogP) is 28.6. The molecular weight excluding hydrogens is 1580 g/mol. The van der Waals surface area contributed by atoms with Gasteiger partial charge in [-0.3, -0.25) is 4.98 Å². The lowest BCUT2D eigenvalue weighted by Gasteiger charge is -2.07. The third-order valence-corrected chi connectivity index (χ3v) is 24.9. The predicted molar refractivity (Wildman–Crippen MR) is 476 cm³/mol. The van der Waals surface area contributed by atoms with Crippen molar-refractivity contribution in [2.45, 2.75) is 0 Å². The van der Waals surface area contributed by atoms with E-state index in [4.69, 9.17) is 64.9 Å². The number of rotatable bonds is 7. The van der Waals surface area contributed by atoms with E-state index < -0.39 is 18.1 Å². The molecule has 0 aliphatic heterocycles. The van der Waals surface area contributed by atoms with Crippen LogP contribution in [0.3, 0.4) is 0 Å². The van der Waals surface area contributed by atoms with E-state index in [0.29, 0.717) is 15.5 Å². The van der Waals surface area contributed by atoms with E-state index in [0.717, 1.165) is 123 Å². The molecule has 0 radical (unpaired) electrons. The van der Waals surface area contributed by atoms with Crippen LogP contribution in [0.2, 0.25) is 26.4 Å². The van der Waals surface area contributed by atoms with Crippen LogP contribution < -0.4 is 0 Å². The second-order valence-corrected chi connectivity index (χ2v) is 32.0. The molecule has 11 aromatic heterocycles. The summed E-state index contributed by atoms with van der Waals surface area (Å²) in [6.07, 6.45) is 3.54. The Labute approximate surface area is 692 Å². The summed E-state index contributed by atoms with van der Waals surface area (Å²) in [5.74, 6) is 0. The van der Waals surface area contributed by atoms with Crippen LogP contribution in [-0.4, -0.2) is 54.8 Å². The summed E-state index contributed by atoms with van der Waals surface area (Å²) in [5.41, 5.74) is 17.0. The quantitative estimate of drug-likeness (QED) is 0.141. The van der Waals surface area contributed by atoms with Crippen molar-refractivity contribution < 1.29 is 6.85 Å². The molecule has 11 nitrogen and oxygen atoms in total. The Morgan fingerprint density at radius 2 is 0.491 bits per heavy atom. The van der Waals surface area contributed by atoms with Crippen LogP contribution in [0.1, 0.15) is 6.85 Å². The average molecular weight is 1640 g/mol. The van der Waals surface area contributed by atoms with Gasteiger partial charge in [-0.25, -0.2) is 49.8 Å². The fourth-order valence-electron chi connectivity index (χ4n) is 13.2. The van der Waals surface area contributed by atoms with Gasteiger partial charge in [-0.1, -0.05) is 255 Å². The molecule has 11 heterocycles. The molecule has 0 atom stereocenters. The highest BCUT2D eigenvalue weighted by atomic mass is 35.5. The molecule has 0 aliphatic rings. The molecule has 22 rings (SSSR count). The lowest BCUT2D eigenvalue weighted by molar-refractivity contribution is 1.22. The van der Waals surface area contributed by atoms with Crippen molar-refractivity contribution in [2.24, 2.45) is 0 Å². The standard InChI is InChI=1S/2C22H13ClN2S.2C16H9ClN2S.C15H8ClN3S/c23-22-24-19(21-20(25-22)17-11-4-5-12-18(17)26-21)16-10-6-9-15(13-16)14-7-2-1-3-8-14;23-22-24-19(21-20(25-22)17-8-4-5-9-18(17)26-21)16-12-10-15(11-13-16)14-6-2-1-3-7-14;2*17-16-18-13(10-6-2-1-3-7-10)15-14(19-16)11-8-4-5-9-12(11)20-15;16-15-18-12(9-4-3-7-17-8-9)14-13(19-15)10-5-1-2-6-11(10)20-14/h2*1-13H;2*1-9H;1-8H/i;;1D,2D,3D,6D,7D;;. The van der Waals surface area contributed by atoms with Gasteiger partial charge in [0.05, 0.1) is 86.4 Å². The normalized spacial score (nSPS) is 11.9. The number of pyridine rings is 1. The summed E-state index contributed by atoms with van der Waals surface area (Å²) in [6, 6.07) is 90.2. The van der Waals surface area contributed by atoms with Crippen molar-refractivity contribution in [2.75, 3.05) is 0 Å². The summed E-state index contributed by atoms with van der Waals surface area (Å²) >= 11 is 39.0. The number of aromatic nitrogens is 11. The molecule has 11 aromatic carbocycles. The maximum absolute atomic E-state index is 8.18. The molecule has 536 valence electrons. The average Bonchev–Trinajstić information content (AvgIpc) is 1.75. The number of fused-ring (bicyclic) bond motifs is 15. The zero-order valence-electron chi connectivity index (χ0n) is 63.0. The number of nitrogens with zero attached hydrogens (tertiary/aromatic N) is 11. The summed E-state index contributed by atoms with van der Waals surface area (Å²) < 4.78 is 50.5. The molecule has 0 aliphatic carbocycles. The molecule has 22 aromatic rings. The molecule has 0 spiro atoms. The van der Waals surface area contributed by atoms with Gasteiger partial charge in [0.2, 0.25) is 26.4 Å². The van der Waals surface area contributed by atoms with Crippen LogP contribution in [-0.2, 0) is 0 Å². The number of benzene rings is 11. The van der Waals surface area contributed by atoms with E-state index in [1.807, 2.05) is 152 Å². The molecular formula is C91H52Cl5N11S5. The monoisotopic (exact) mass is 1640 g/mol. The second kappa shape index (κ2) is 32.1. The first kappa shape index (κ1) is 66.3. The Kier molecular flexibility index (Phi) is 19.0. The zero-order valence-corrected chi connectivity index (χ0v) is 65.8. The molecule has 21 heteroatoms. The Morgan fingerprint density at radius 1 is 0.223 bits per heavy atom. The van der Waals surface area contributed by atoms with Gasteiger partial charge in [-0.2, -0.15) is 0 Å². The van der Waals surface area contributed by atoms with E-state index in [-0.39, 0.29) is 44.5 Å². The van der Waals surface area contributed by atoms with Crippen molar-refractivity contribution in [1.82, 2.24) is 54.8 Å². The van der Waals surface area contributed by atoms with E-state index in [9.17, 15) is 0 Å². The number of hydrogen-bond acceptors (Lipinski definition) is 16. The fraction of sp³-hybridized carbons (Fsp3) is 0. The first-order valence-corrected chi connectivity index (χ1v) is 40.7. The van der Waals surface area contributed by atoms with E-state index in [2.05, 4.69) is 176 Å². The zero-order chi connectivity index (χ0) is 80.0. The lowest BCUT2D eigenvalue weighted by Crippen LogP contribution is -1.89. The van der Waals surface area contributed by atoms with Gasteiger partial charge in [0.25, 0.3) is 0 Å². The van der Waals surface area contributed by atoms with Crippen LogP contribution in [0.25, 0.3) is 180 Å². The summed E-state index contributed by atoms with van der Waals surface area (Å²) in [5, 5.41) is 6.47. The van der Waals surface area contributed by atoms with Crippen LogP contribution in [0, 0.1) is 0 Å². The van der Waals surface area contributed by atoms with E-state index in [1.54, 1.807) is 57.7 Å². The van der Waals surface area contributed by atoms with Crippen LogP contribution in [0.5, 0.6) is 0 Å². The Balaban J connectivity index is 0.000000101. The lowest BCUT2D eigenvalue weighted by atomic mass is 10.0. The van der Waals surface area contributed by atoms with Crippen molar-refractivity contribution in [1.29, 1.82) is 0 Å². The van der Waals surface area contributed by atoms with Gasteiger partial charge in [0.15, 0.2) is 0 Å². The van der Waals surface area contributed by atoms with Crippen molar-refractivity contribution in [3.63, 3.8) is 0 Å². The molecule has 0 amide bonds. The van der Waals surface area contributed by atoms with Gasteiger partial charge >= 0.3 is 0 Å². The highest BCUT2D eigenvalue weighted by molar-refractivity contribution is 7.28. The number of halogens is 5. The SMILES string of the molecule is Clc1nc(-c2ccc(-c3ccccc3)cc2)c2sc3ccccc3c2n1.Clc1nc(-c2cccc(-c3ccccc3)c2)c2sc3ccccc3c2n1.Clc1nc(-c2ccccc2)c2sc3ccccc3c2n1.Clc1nc(-c2cccnc2)c2sc3ccccc3c2n1.[2H]c1c([2H])c([2H])c(-c2nc(Cl)nc3c2sc2ccccc23)c([2H])c1[2H]. The van der Waals surface area contributed by atoms with Gasteiger partial charge in [-0.15, -0.1) is 56.7 Å². The summed E-state index contributed by atoms with van der Waals surface area (Å²) in [4.78, 5) is 48.3. The Bertz CT molecular complexity index is 7380. The molecule has 0 fully saturated rings. The maximum atomic E-state index is 8.18. The summed E-state index contributed by atoms with van der Waals surface area (Å²) in [7, 11) is 0. The number of thiophene rings is 5. The third kappa shape index (κ3) is 14.8. The largest absolute Gasteiger partial charge is 0.264 e. The van der Waals surface area contributed by atoms with Gasteiger partial charge < -0.3 is 0 Å². The smallest absolute Gasteiger partial charge is 0.223 e. The molecule has 112 heavy (non-hydrogen) atoms. The van der Waals surface area contributed by atoms with E-state index in [1.165, 1.54) is 46.8 Å². The first-order valence-electron chi connectivity index (χ1n) is 37.2. The molecule has 0 unspecified atom stereocenters. The Morgan fingerprint density at radius 3 is 0.857 bits per heavy atom. The molecule has 0 bridgehead atoms. The molecule has 0 saturated carbocycles. The topological polar surface area (TPSA) is 142 Å². The fourth-order valence-corrected chi connectivity index (χ4v) is 19.8. The Hall–Kier alpha value is -11.5. The van der Waals surface area contributed by atoms with Gasteiger partial charge in [0, 0.05) is 90.6 Å². The van der Waals surface area contributed by atoms with Gasteiger partial charge in [-0.05, 0) is 129 Å². The molecule has 0 saturated heterocycles.